The summed E-state index contributed by atoms with van der Waals surface area (Å²) in [7, 11) is -3.94. The highest BCUT2D eigenvalue weighted by Crippen LogP contribution is 2.43. The Labute approximate surface area is 269 Å². The number of nitrogens with one attached hydrogen (secondary N) is 1. The molecule has 1 spiro atoms. The third-order valence-corrected chi connectivity index (χ3v) is 10.7. The minimum Gasteiger partial charge on any atom is -0.392 e. The second kappa shape index (κ2) is 13.0. The number of likely N-dealkylation sites (tertiary alicyclic amines) is 1. The van der Waals surface area contributed by atoms with E-state index in [1.54, 1.807) is 42.6 Å². The lowest BCUT2D eigenvalue weighted by molar-refractivity contribution is -0.278. The van der Waals surface area contributed by atoms with Crippen molar-refractivity contribution in [1.29, 1.82) is 0 Å². The summed E-state index contributed by atoms with van der Waals surface area (Å²) in [5.41, 5.74) is 3.34. The van der Waals surface area contributed by atoms with Gasteiger partial charge in [-0.25, -0.2) is 8.42 Å². The topological polar surface area (TPSA) is 119 Å². The zero-order valence-electron chi connectivity index (χ0n) is 25.7. The molecule has 46 heavy (non-hydrogen) atoms. The number of benzene rings is 3. The maximum atomic E-state index is 13.5. The molecule has 242 valence electrons. The summed E-state index contributed by atoms with van der Waals surface area (Å²) in [5, 5.41) is 10.3. The number of nitrogens with zero attached hydrogens (tertiary/aromatic N) is 2. The van der Waals surface area contributed by atoms with E-state index >= 15 is 0 Å². The van der Waals surface area contributed by atoms with Crippen LogP contribution in [0, 0.1) is 5.92 Å². The van der Waals surface area contributed by atoms with E-state index in [2.05, 4.69) is 21.5 Å². The summed E-state index contributed by atoms with van der Waals surface area (Å²) in [5.74, 6) is -0.430. The van der Waals surface area contributed by atoms with Crippen LogP contribution < -0.4 is 4.72 Å². The molecule has 3 aliphatic rings. The Bertz CT molecular complexity index is 1760. The minimum absolute atomic E-state index is 0.0200. The Hall–Kier alpha value is -3.42. The van der Waals surface area contributed by atoms with E-state index in [-0.39, 0.29) is 29.6 Å². The first kappa shape index (κ1) is 31.2. The van der Waals surface area contributed by atoms with Crippen LogP contribution in [0.2, 0.25) is 0 Å². The molecular weight excluding hydrogens is 606 g/mol. The molecule has 3 saturated heterocycles. The van der Waals surface area contributed by atoms with Crippen LogP contribution in [-0.2, 0) is 35.6 Å². The molecule has 3 fully saturated rings. The standard InChI is InChI=1S/C35H39N3O7S/c1-24-30(22-38-17-14-35(15-18-38)42-19-20-43-35)44-34(45-33(24)27-12-10-25(23-39)11-13-27)28-6-2-8-29(21-28)37-46(40,41)31-9-3-5-26-7-4-16-36-32(26)31/h2-13,16,21,24,30,33-34,37,39H,14-15,17-20,22-23H2,1H3. The molecule has 1 aromatic heterocycles. The van der Waals surface area contributed by atoms with Gasteiger partial charge in [-0.15, -0.1) is 0 Å². The van der Waals surface area contributed by atoms with Gasteiger partial charge >= 0.3 is 0 Å². The highest BCUT2D eigenvalue weighted by atomic mass is 32.2. The van der Waals surface area contributed by atoms with Gasteiger partial charge in [-0.05, 0) is 35.4 Å². The second-order valence-electron chi connectivity index (χ2n) is 12.3. The van der Waals surface area contributed by atoms with E-state index in [0.717, 1.165) is 42.4 Å². The Kier molecular flexibility index (Phi) is 8.81. The molecule has 3 aromatic carbocycles. The Morgan fingerprint density at radius 2 is 1.67 bits per heavy atom. The molecule has 2 N–H and O–H groups in total. The monoisotopic (exact) mass is 645 g/mol. The van der Waals surface area contributed by atoms with Gasteiger partial charge in [-0.1, -0.05) is 61.5 Å². The van der Waals surface area contributed by atoms with Crippen molar-refractivity contribution in [2.45, 2.75) is 55.6 Å². The summed E-state index contributed by atoms with van der Waals surface area (Å²) < 4.78 is 55.0. The van der Waals surface area contributed by atoms with Crippen molar-refractivity contribution in [3.63, 3.8) is 0 Å². The largest absolute Gasteiger partial charge is 0.392 e. The van der Waals surface area contributed by atoms with Crippen molar-refractivity contribution in [1.82, 2.24) is 9.88 Å². The third-order valence-electron chi connectivity index (χ3n) is 9.29. The van der Waals surface area contributed by atoms with Crippen LogP contribution in [0.15, 0.2) is 90.0 Å². The number of pyridine rings is 1. The number of piperidine rings is 1. The first-order valence-electron chi connectivity index (χ1n) is 15.8. The van der Waals surface area contributed by atoms with Gasteiger partial charge in [0.05, 0.1) is 37.5 Å². The van der Waals surface area contributed by atoms with Gasteiger partial charge in [0, 0.05) is 61.2 Å². The summed E-state index contributed by atoms with van der Waals surface area (Å²) in [6, 6.07) is 23.7. The van der Waals surface area contributed by atoms with Crippen molar-refractivity contribution < 1.29 is 32.5 Å². The van der Waals surface area contributed by atoms with Crippen LogP contribution in [0.3, 0.4) is 0 Å². The average Bonchev–Trinajstić information content (AvgIpc) is 3.54. The Morgan fingerprint density at radius 3 is 2.43 bits per heavy atom. The zero-order valence-corrected chi connectivity index (χ0v) is 26.6. The molecule has 4 atom stereocenters. The zero-order chi connectivity index (χ0) is 31.7. The highest BCUT2D eigenvalue weighted by Gasteiger charge is 2.43. The third kappa shape index (κ3) is 6.41. The molecule has 0 amide bonds. The normalized spacial score (nSPS) is 25.2. The number of para-hydroxylation sites is 1. The smallest absolute Gasteiger partial charge is 0.264 e. The first-order valence-corrected chi connectivity index (χ1v) is 17.3. The fourth-order valence-corrected chi connectivity index (χ4v) is 7.93. The van der Waals surface area contributed by atoms with Crippen LogP contribution in [-0.4, -0.2) is 68.1 Å². The van der Waals surface area contributed by atoms with Gasteiger partial charge in [-0.3, -0.25) is 9.71 Å². The lowest BCUT2D eigenvalue weighted by Gasteiger charge is -2.44. The van der Waals surface area contributed by atoms with E-state index in [1.807, 2.05) is 42.5 Å². The number of rotatable bonds is 8. The maximum Gasteiger partial charge on any atom is 0.264 e. The van der Waals surface area contributed by atoms with Crippen LogP contribution in [0.4, 0.5) is 5.69 Å². The van der Waals surface area contributed by atoms with Crippen molar-refractivity contribution in [3.05, 3.63) is 102 Å². The number of anilines is 1. The van der Waals surface area contributed by atoms with E-state index in [9.17, 15) is 13.5 Å². The molecule has 4 unspecified atom stereocenters. The predicted molar refractivity (Wildman–Crippen MR) is 172 cm³/mol. The van der Waals surface area contributed by atoms with Gasteiger partial charge in [0.25, 0.3) is 10.0 Å². The molecule has 11 heteroatoms. The number of hydrogen-bond donors (Lipinski definition) is 2. The molecule has 0 aliphatic carbocycles. The number of sulfonamides is 1. The number of aromatic nitrogens is 1. The predicted octanol–water partition coefficient (Wildman–Crippen LogP) is 5.16. The average molecular weight is 646 g/mol. The quantitative estimate of drug-likeness (QED) is 0.268. The summed E-state index contributed by atoms with van der Waals surface area (Å²) in [4.78, 5) is 6.83. The lowest BCUT2D eigenvalue weighted by Crippen LogP contribution is -2.50. The number of aliphatic hydroxyl groups excluding tert-OH is 1. The second-order valence-corrected chi connectivity index (χ2v) is 13.9. The number of hydrogen-bond acceptors (Lipinski definition) is 9. The highest BCUT2D eigenvalue weighted by molar-refractivity contribution is 7.93. The van der Waals surface area contributed by atoms with Gasteiger partial charge in [0.1, 0.15) is 4.90 Å². The van der Waals surface area contributed by atoms with E-state index in [4.69, 9.17) is 18.9 Å². The van der Waals surface area contributed by atoms with Crippen molar-refractivity contribution in [2.75, 3.05) is 37.6 Å². The fourth-order valence-electron chi connectivity index (χ4n) is 6.70. The van der Waals surface area contributed by atoms with Crippen molar-refractivity contribution in [2.24, 2.45) is 5.92 Å². The molecule has 4 heterocycles. The van der Waals surface area contributed by atoms with Gasteiger partial charge in [0.2, 0.25) is 0 Å². The van der Waals surface area contributed by atoms with Crippen molar-refractivity contribution in [3.8, 4) is 0 Å². The van der Waals surface area contributed by atoms with Crippen LogP contribution in [0.1, 0.15) is 48.8 Å². The summed E-state index contributed by atoms with van der Waals surface area (Å²) in [6.45, 7) is 5.80. The molecule has 10 nitrogen and oxygen atoms in total. The number of fused-ring (bicyclic) bond motifs is 1. The fraction of sp³-hybridized carbons (Fsp3) is 0.400. The van der Waals surface area contributed by atoms with Gasteiger partial charge in [0.15, 0.2) is 12.1 Å². The van der Waals surface area contributed by atoms with E-state index in [1.165, 1.54) is 0 Å². The van der Waals surface area contributed by atoms with E-state index < -0.39 is 22.1 Å². The molecule has 4 aromatic rings. The SMILES string of the molecule is CC1C(CN2CCC3(CC2)OCCO3)OC(c2cccc(NS(=O)(=O)c3cccc4cccnc34)c2)OC1c1ccc(CO)cc1. The molecule has 7 rings (SSSR count). The van der Waals surface area contributed by atoms with Crippen molar-refractivity contribution >= 4 is 26.6 Å². The van der Waals surface area contributed by atoms with Gasteiger partial charge in [-0.2, -0.15) is 0 Å². The van der Waals surface area contributed by atoms with E-state index in [0.29, 0.717) is 36.5 Å². The molecular formula is C35H39N3O7S. The number of aliphatic hydroxyl groups is 1. The maximum absolute atomic E-state index is 13.5. The van der Waals surface area contributed by atoms with Crippen LogP contribution in [0.5, 0.6) is 0 Å². The van der Waals surface area contributed by atoms with Gasteiger partial charge < -0.3 is 29.0 Å². The first-order chi connectivity index (χ1) is 22.3. The lowest BCUT2D eigenvalue weighted by atomic mass is 9.89. The van der Waals surface area contributed by atoms with Crippen LogP contribution >= 0.6 is 0 Å². The Morgan fingerprint density at radius 1 is 0.935 bits per heavy atom. The molecule has 0 radical (unpaired) electrons. The minimum atomic E-state index is -3.94. The van der Waals surface area contributed by atoms with Crippen LogP contribution in [0.25, 0.3) is 10.9 Å². The molecule has 0 saturated carbocycles. The molecule has 0 bridgehead atoms. The summed E-state index contributed by atoms with van der Waals surface area (Å²) in [6.07, 6.45) is 2.04. The summed E-state index contributed by atoms with van der Waals surface area (Å²) >= 11 is 0. The number of ether oxygens (including phenoxy) is 4. The molecule has 3 aliphatic heterocycles. The Balaban J connectivity index is 1.14.